The van der Waals surface area contributed by atoms with Crippen molar-refractivity contribution in [3.8, 4) is 11.4 Å². The van der Waals surface area contributed by atoms with E-state index in [0.717, 1.165) is 29.4 Å². The fraction of sp³-hybridized carbons (Fsp3) is 0.333. The summed E-state index contributed by atoms with van der Waals surface area (Å²) in [6.45, 7) is 2.09. The van der Waals surface area contributed by atoms with Crippen molar-refractivity contribution >= 4 is 44.7 Å². The van der Waals surface area contributed by atoms with Gasteiger partial charge in [0, 0.05) is 27.1 Å². The number of alkyl halides is 1. The smallest absolute Gasteiger partial charge is 0.335 e. The maximum Gasteiger partial charge on any atom is 0.335 e. The van der Waals surface area contributed by atoms with Crippen LogP contribution in [-0.2, 0) is 16.0 Å². The van der Waals surface area contributed by atoms with Crippen LogP contribution < -0.4 is 0 Å². The number of hydrogen-bond acceptors (Lipinski definition) is 7. The summed E-state index contributed by atoms with van der Waals surface area (Å²) in [7, 11) is 1.78. The molecule has 3 heterocycles. The van der Waals surface area contributed by atoms with Gasteiger partial charge in [-0.3, -0.25) is 4.90 Å². The van der Waals surface area contributed by atoms with Crippen molar-refractivity contribution in [1.82, 2.24) is 29.5 Å². The number of nitrogens with zero attached hydrogens (tertiary/aromatic N) is 5. The molecule has 1 fully saturated rings. The van der Waals surface area contributed by atoms with E-state index in [1.807, 2.05) is 48.5 Å². The zero-order chi connectivity index (χ0) is 24.8. The van der Waals surface area contributed by atoms with Crippen molar-refractivity contribution in [2.45, 2.75) is 42.9 Å². The molecule has 1 saturated heterocycles. The first-order valence-corrected chi connectivity index (χ1v) is 12.4. The van der Waals surface area contributed by atoms with E-state index < -0.39 is 22.7 Å². The number of rotatable bonds is 7. The molecule has 35 heavy (non-hydrogen) atoms. The largest absolute Gasteiger partial charge is 0.479 e. The summed E-state index contributed by atoms with van der Waals surface area (Å²) in [5.74, 6) is -0.444. The first kappa shape index (κ1) is 23.9. The number of aromatic nitrogens is 4. The van der Waals surface area contributed by atoms with Crippen LogP contribution in [0, 0.1) is 0 Å². The predicted molar refractivity (Wildman–Crippen MR) is 135 cm³/mol. The Morgan fingerprint density at radius 2 is 2.00 bits per heavy atom. The van der Waals surface area contributed by atoms with Crippen molar-refractivity contribution in [3.05, 3.63) is 65.9 Å². The van der Waals surface area contributed by atoms with Crippen LogP contribution in [0.15, 0.2) is 59.0 Å². The van der Waals surface area contributed by atoms with E-state index in [4.69, 9.17) is 16.0 Å². The maximum absolute atomic E-state index is 13.2. The standard InChI is InChI=1S/C24H24BrClN6O3/c1-3-4-13-23(17-11-7-6-10-16(17)20-27-29-30-28-20)31(2)24(22(33)34,21(26)32(23)25)19-14-15-9-5-8-12-18(15)35-19/h5-12,14,21H,3-4,13H2,1-2H3,(H,33,34)(H,27,28,29,30). The zero-order valence-electron chi connectivity index (χ0n) is 19.2. The molecule has 4 aromatic rings. The van der Waals surface area contributed by atoms with Crippen LogP contribution in [0.1, 0.15) is 37.5 Å². The summed E-state index contributed by atoms with van der Waals surface area (Å²) in [4.78, 5) is 15.0. The molecule has 0 spiro atoms. The number of benzene rings is 2. The van der Waals surface area contributed by atoms with Gasteiger partial charge in [0.25, 0.3) is 0 Å². The second kappa shape index (κ2) is 9.02. The number of carboxylic acids is 1. The van der Waals surface area contributed by atoms with Crippen LogP contribution in [-0.4, -0.2) is 53.1 Å². The summed E-state index contributed by atoms with van der Waals surface area (Å²) >= 11 is 10.8. The van der Waals surface area contributed by atoms with Crippen molar-refractivity contribution in [1.29, 1.82) is 0 Å². The van der Waals surface area contributed by atoms with Crippen molar-refractivity contribution < 1.29 is 14.3 Å². The number of aromatic amines is 1. The fourth-order valence-corrected chi connectivity index (χ4v) is 6.59. The van der Waals surface area contributed by atoms with E-state index in [2.05, 4.69) is 43.7 Å². The van der Waals surface area contributed by atoms with Gasteiger partial charge < -0.3 is 9.52 Å². The molecular weight excluding hydrogens is 536 g/mol. The lowest BCUT2D eigenvalue weighted by molar-refractivity contribution is -0.153. The van der Waals surface area contributed by atoms with Crippen LogP contribution in [0.4, 0.5) is 0 Å². The van der Waals surface area contributed by atoms with Gasteiger partial charge >= 0.3 is 5.97 Å². The molecule has 1 aliphatic rings. The van der Waals surface area contributed by atoms with Crippen LogP contribution in [0.5, 0.6) is 0 Å². The molecule has 0 bridgehead atoms. The van der Waals surface area contributed by atoms with Gasteiger partial charge in [0.2, 0.25) is 11.4 Å². The molecule has 0 amide bonds. The molecule has 5 rings (SSSR count). The lowest BCUT2D eigenvalue weighted by Gasteiger charge is -2.43. The highest BCUT2D eigenvalue weighted by molar-refractivity contribution is 9.07. The van der Waals surface area contributed by atoms with Crippen LogP contribution >= 0.6 is 27.7 Å². The van der Waals surface area contributed by atoms with Crippen LogP contribution in [0.25, 0.3) is 22.4 Å². The van der Waals surface area contributed by atoms with E-state index in [1.165, 1.54) is 0 Å². The number of carboxylic acid groups (broad SMARTS) is 1. The van der Waals surface area contributed by atoms with Gasteiger partial charge in [-0.2, -0.15) is 9.14 Å². The minimum atomic E-state index is -1.71. The Bertz CT molecular complexity index is 1330. The first-order chi connectivity index (χ1) is 16.9. The number of halogens is 2. The molecule has 182 valence electrons. The number of furan rings is 1. The molecule has 0 radical (unpaired) electrons. The third-order valence-corrected chi connectivity index (χ3v) is 8.67. The Balaban J connectivity index is 1.78. The number of unbranched alkanes of at least 4 members (excludes halogenated alkanes) is 1. The van der Waals surface area contributed by atoms with E-state index >= 15 is 0 Å². The number of H-pyrrole nitrogens is 1. The second-order valence-electron chi connectivity index (χ2n) is 8.63. The van der Waals surface area contributed by atoms with E-state index in [9.17, 15) is 9.90 Å². The summed E-state index contributed by atoms with van der Waals surface area (Å²) in [5.41, 5.74) is -1.58. The highest BCUT2D eigenvalue weighted by atomic mass is 79.9. The third-order valence-electron chi connectivity index (χ3n) is 6.93. The fourth-order valence-electron chi connectivity index (χ4n) is 5.18. The molecule has 2 aromatic carbocycles. The molecule has 3 unspecified atom stereocenters. The van der Waals surface area contributed by atoms with Gasteiger partial charge in [-0.05, 0) is 36.4 Å². The van der Waals surface area contributed by atoms with Gasteiger partial charge in [0.15, 0.2) is 0 Å². The normalized spacial score (nSPS) is 25.4. The van der Waals surface area contributed by atoms with Gasteiger partial charge in [-0.25, -0.2) is 4.79 Å². The number of aliphatic carboxylic acids is 1. The Morgan fingerprint density at radius 3 is 2.69 bits per heavy atom. The Hall–Kier alpha value is -2.79. The summed E-state index contributed by atoms with van der Waals surface area (Å²) < 4.78 is 7.90. The molecule has 3 atom stereocenters. The number of hydrogen-bond donors (Lipinski definition) is 2. The van der Waals surface area contributed by atoms with E-state index in [-0.39, 0.29) is 5.76 Å². The van der Waals surface area contributed by atoms with Crippen molar-refractivity contribution in [2.75, 3.05) is 7.05 Å². The van der Waals surface area contributed by atoms with Gasteiger partial charge in [0.1, 0.15) is 22.5 Å². The van der Waals surface area contributed by atoms with Gasteiger partial charge in [-0.1, -0.05) is 62.2 Å². The Labute approximate surface area is 215 Å². The number of tetrazole rings is 1. The summed E-state index contributed by atoms with van der Waals surface area (Å²) in [6, 6.07) is 16.8. The molecule has 2 N–H and O–H groups in total. The van der Waals surface area contributed by atoms with E-state index in [1.54, 1.807) is 21.9 Å². The Kier molecular flexibility index (Phi) is 6.16. The molecule has 2 aromatic heterocycles. The number of fused-ring (bicyclic) bond motifs is 1. The average Bonchev–Trinajstić information content (AvgIpc) is 3.58. The lowest BCUT2D eigenvalue weighted by atomic mass is 9.86. The molecule has 0 aliphatic carbocycles. The number of para-hydroxylation sites is 1. The van der Waals surface area contributed by atoms with Crippen LogP contribution in [0.2, 0.25) is 0 Å². The zero-order valence-corrected chi connectivity index (χ0v) is 21.5. The molecular formula is C24H24BrClN6O3. The summed E-state index contributed by atoms with van der Waals surface area (Å²) in [5, 5.41) is 26.2. The monoisotopic (exact) mass is 558 g/mol. The van der Waals surface area contributed by atoms with Gasteiger partial charge in [-0.15, -0.1) is 21.8 Å². The molecule has 11 heteroatoms. The average molecular weight is 560 g/mol. The quantitative estimate of drug-likeness (QED) is 0.184. The molecule has 9 nitrogen and oxygen atoms in total. The topological polar surface area (TPSA) is 111 Å². The van der Waals surface area contributed by atoms with Crippen molar-refractivity contribution in [3.63, 3.8) is 0 Å². The minimum Gasteiger partial charge on any atom is -0.479 e. The maximum atomic E-state index is 13.2. The highest BCUT2D eigenvalue weighted by Crippen LogP contribution is 2.58. The van der Waals surface area contributed by atoms with Gasteiger partial charge in [0.05, 0.1) is 0 Å². The van der Waals surface area contributed by atoms with E-state index in [0.29, 0.717) is 17.8 Å². The van der Waals surface area contributed by atoms with Crippen LogP contribution in [0.3, 0.4) is 0 Å². The van der Waals surface area contributed by atoms with Crippen molar-refractivity contribution in [2.24, 2.45) is 0 Å². The Morgan fingerprint density at radius 1 is 1.26 bits per heavy atom. The molecule has 0 saturated carbocycles. The number of carbonyl (C=O) groups is 1. The molecule has 1 aliphatic heterocycles. The lowest BCUT2D eigenvalue weighted by Crippen LogP contribution is -2.55. The highest BCUT2D eigenvalue weighted by Gasteiger charge is 2.70. The SMILES string of the molecule is CCCCC1(c2ccccc2-c2nn[nH]n2)N(Br)C(Cl)C(C(=O)O)(c2cc3ccccc3o2)N1C. The first-order valence-electron chi connectivity index (χ1n) is 11.3. The number of nitrogens with one attached hydrogen (secondary N) is 1. The summed E-state index contributed by atoms with van der Waals surface area (Å²) in [6.07, 6.45) is 2.30. The predicted octanol–water partition coefficient (Wildman–Crippen LogP) is 5.06. The second-order valence-corrected chi connectivity index (χ2v) is 9.80. The minimum absolute atomic E-state index is 0.258. The third kappa shape index (κ3) is 3.35. The number of likely N-dealkylation sites (N-methyl/N-ethyl adjacent to an activating group) is 1.